The van der Waals surface area contributed by atoms with Gasteiger partial charge in [0, 0.05) is 29.4 Å². The number of nitrogen functional groups attached to an aromatic ring is 1. The number of rotatable bonds is 12. The number of halogens is 2. The van der Waals surface area contributed by atoms with Crippen LogP contribution in [0.15, 0.2) is 164 Å². The molecule has 0 aliphatic heterocycles. The van der Waals surface area contributed by atoms with Crippen molar-refractivity contribution in [1.29, 1.82) is 0 Å². The molecule has 4 aromatic rings. The zero-order valence-electron chi connectivity index (χ0n) is 28.1. The highest BCUT2D eigenvalue weighted by molar-refractivity contribution is 6.04. The van der Waals surface area contributed by atoms with E-state index in [4.69, 9.17) is 22.5 Å². The number of hydrogen-bond acceptors (Lipinski definition) is 6. The fraction of sp³-hybridized carbons (Fsp3) is 0.154. The predicted octanol–water partition coefficient (Wildman–Crippen LogP) is 8.32. The van der Waals surface area contributed by atoms with Crippen LogP contribution in [0, 0.1) is 5.92 Å². The second kappa shape index (κ2) is 18.5. The average molecular weight is 663 g/mol. The van der Waals surface area contributed by atoms with Crippen LogP contribution in [0.1, 0.15) is 43.9 Å². The van der Waals surface area contributed by atoms with E-state index in [9.17, 15) is 8.78 Å². The van der Waals surface area contributed by atoms with E-state index >= 15 is 0 Å². The summed E-state index contributed by atoms with van der Waals surface area (Å²) in [5.41, 5.74) is 8.85. The van der Waals surface area contributed by atoms with Gasteiger partial charge in [-0.05, 0) is 36.6 Å². The van der Waals surface area contributed by atoms with Gasteiger partial charge in [-0.2, -0.15) is 10.2 Å². The van der Waals surface area contributed by atoms with Gasteiger partial charge in [0.05, 0.1) is 17.5 Å². The Kier molecular flexibility index (Phi) is 14.2. The Morgan fingerprint density at radius 1 is 1.02 bits per heavy atom. The van der Waals surface area contributed by atoms with Gasteiger partial charge in [-0.1, -0.05) is 111 Å². The molecule has 2 aromatic heterocycles. The lowest BCUT2D eigenvalue weighted by atomic mass is 9.73. The second-order valence-electron chi connectivity index (χ2n) is 10.7. The Balaban J connectivity index is 0.00000319. The fourth-order valence-electron chi connectivity index (χ4n) is 5.51. The molecule has 0 bridgehead atoms. The van der Waals surface area contributed by atoms with Gasteiger partial charge in [0.2, 0.25) is 0 Å². The molecular weight excluding hydrogens is 618 g/mol. The summed E-state index contributed by atoms with van der Waals surface area (Å²) >= 11 is 0. The van der Waals surface area contributed by atoms with Crippen LogP contribution in [0.4, 0.5) is 14.6 Å². The standard InChI is InChI=1S/C37H40F2N8.C2H4/c1-4-6-8-11-16-27(3)37(30-17-12-9-13-18-30,31-19-14-10-15-20-31)46-26-29(25-44-46)28-22-32(35(40)43-24-28)36(45-41)47(42)34(21-7-5-2)33(39)23-38;1-2/h5-27H,4,41-42H2,1-3H3,(H2,40,43);1-2H2/b7-5-,8-6-,16-11-,33-23-,34-21+,45-36-;. The first-order valence-electron chi connectivity index (χ1n) is 15.7. The molecule has 0 saturated heterocycles. The van der Waals surface area contributed by atoms with Crippen LogP contribution in [-0.4, -0.2) is 25.6 Å². The SMILES string of the molecule is C=C.C\C=C/C=C(\C(F)=C\F)N(N)/C(=N\N)c1cc(-c2cnn(C(c3ccccc3)(c3ccccc3)C(C)/C=C\C=C/CC)c2)cnc1N. The maximum Gasteiger partial charge on any atom is 0.178 e. The summed E-state index contributed by atoms with van der Waals surface area (Å²) in [6.07, 6.45) is 18.9. The van der Waals surface area contributed by atoms with Crippen molar-refractivity contribution in [2.45, 2.75) is 32.7 Å². The fourth-order valence-corrected chi connectivity index (χ4v) is 5.51. The van der Waals surface area contributed by atoms with Crippen LogP contribution in [-0.2, 0) is 5.54 Å². The highest BCUT2D eigenvalue weighted by atomic mass is 19.2. The Hall–Kier alpha value is -5.87. The molecule has 6 N–H and O–H groups in total. The van der Waals surface area contributed by atoms with Crippen molar-refractivity contribution in [3.05, 3.63) is 176 Å². The third kappa shape index (κ3) is 8.35. The lowest BCUT2D eigenvalue weighted by Crippen LogP contribution is -2.42. The Morgan fingerprint density at radius 3 is 2.20 bits per heavy atom. The summed E-state index contributed by atoms with van der Waals surface area (Å²) in [5.74, 6) is 10.6. The second-order valence-corrected chi connectivity index (χ2v) is 10.7. The normalized spacial score (nSPS) is 13.6. The topological polar surface area (TPSA) is 124 Å². The van der Waals surface area contributed by atoms with E-state index in [1.807, 2.05) is 47.3 Å². The number of hydrogen-bond donors (Lipinski definition) is 3. The van der Waals surface area contributed by atoms with Crippen molar-refractivity contribution < 1.29 is 8.78 Å². The van der Waals surface area contributed by atoms with E-state index in [2.05, 4.69) is 85.7 Å². The summed E-state index contributed by atoms with van der Waals surface area (Å²) in [6, 6.07) is 22.2. The van der Waals surface area contributed by atoms with Gasteiger partial charge >= 0.3 is 0 Å². The minimum absolute atomic E-state index is 0.0395. The summed E-state index contributed by atoms with van der Waals surface area (Å²) in [5, 5.41) is 9.52. The molecule has 10 heteroatoms. The van der Waals surface area contributed by atoms with Crippen molar-refractivity contribution >= 4 is 11.7 Å². The van der Waals surface area contributed by atoms with Gasteiger partial charge < -0.3 is 11.6 Å². The minimum atomic E-state index is -1.22. The summed E-state index contributed by atoms with van der Waals surface area (Å²) < 4.78 is 29.7. The van der Waals surface area contributed by atoms with Crippen LogP contribution in [0.2, 0.25) is 0 Å². The van der Waals surface area contributed by atoms with E-state index < -0.39 is 11.4 Å². The number of allylic oxidation sites excluding steroid dienone is 8. The van der Waals surface area contributed by atoms with Crippen LogP contribution in [0.5, 0.6) is 0 Å². The zero-order valence-corrected chi connectivity index (χ0v) is 28.1. The van der Waals surface area contributed by atoms with Gasteiger partial charge in [0.1, 0.15) is 17.7 Å². The molecule has 254 valence electrons. The first-order chi connectivity index (χ1) is 23.8. The van der Waals surface area contributed by atoms with Crippen LogP contribution < -0.4 is 17.4 Å². The average Bonchev–Trinajstić information content (AvgIpc) is 3.64. The van der Waals surface area contributed by atoms with Crippen molar-refractivity contribution in [2.75, 3.05) is 5.73 Å². The van der Waals surface area contributed by atoms with Crippen LogP contribution in [0.3, 0.4) is 0 Å². The van der Waals surface area contributed by atoms with Crippen molar-refractivity contribution in [3.63, 3.8) is 0 Å². The number of hydrazine groups is 1. The summed E-state index contributed by atoms with van der Waals surface area (Å²) in [4.78, 5) is 4.36. The minimum Gasteiger partial charge on any atom is -0.383 e. The highest BCUT2D eigenvalue weighted by Crippen LogP contribution is 2.42. The molecule has 0 saturated carbocycles. The van der Waals surface area contributed by atoms with E-state index in [1.165, 1.54) is 12.2 Å². The Labute approximate surface area is 287 Å². The monoisotopic (exact) mass is 662 g/mol. The number of pyridine rings is 1. The number of benzene rings is 2. The number of aromatic nitrogens is 3. The van der Waals surface area contributed by atoms with Gasteiger partial charge in [-0.15, -0.1) is 13.2 Å². The molecule has 8 nitrogen and oxygen atoms in total. The molecule has 2 heterocycles. The molecule has 1 atom stereocenters. The van der Waals surface area contributed by atoms with E-state index in [-0.39, 0.29) is 35.2 Å². The first-order valence-corrected chi connectivity index (χ1v) is 15.7. The number of nitrogens with two attached hydrogens (primary N) is 3. The third-order valence-electron chi connectivity index (χ3n) is 7.80. The molecule has 49 heavy (non-hydrogen) atoms. The lowest BCUT2D eigenvalue weighted by Gasteiger charge is -2.39. The van der Waals surface area contributed by atoms with Gasteiger partial charge in [0.25, 0.3) is 0 Å². The highest BCUT2D eigenvalue weighted by Gasteiger charge is 2.41. The van der Waals surface area contributed by atoms with E-state index in [1.54, 1.807) is 31.5 Å². The smallest absolute Gasteiger partial charge is 0.178 e. The first kappa shape index (κ1) is 37.6. The van der Waals surface area contributed by atoms with Crippen molar-refractivity contribution in [3.8, 4) is 11.1 Å². The van der Waals surface area contributed by atoms with Crippen molar-refractivity contribution in [1.82, 2.24) is 19.8 Å². The number of nitrogens with zero attached hydrogens (tertiary/aromatic N) is 5. The largest absolute Gasteiger partial charge is 0.383 e. The summed E-state index contributed by atoms with van der Waals surface area (Å²) in [6.45, 7) is 12.0. The van der Waals surface area contributed by atoms with Crippen LogP contribution >= 0.6 is 0 Å². The molecule has 4 rings (SSSR count). The Morgan fingerprint density at radius 2 is 1.65 bits per heavy atom. The molecule has 0 radical (unpaired) electrons. The predicted molar refractivity (Wildman–Crippen MR) is 198 cm³/mol. The molecule has 0 spiro atoms. The van der Waals surface area contributed by atoms with E-state index in [0.717, 1.165) is 28.1 Å². The summed E-state index contributed by atoms with van der Waals surface area (Å²) in [7, 11) is 0. The Bertz CT molecular complexity index is 1780. The van der Waals surface area contributed by atoms with Gasteiger partial charge in [-0.3, -0.25) is 9.69 Å². The number of anilines is 1. The third-order valence-corrected chi connectivity index (χ3v) is 7.80. The molecule has 0 aliphatic rings. The maximum atomic E-state index is 14.5. The number of amidine groups is 1. The number of hydrazone groups is 1. The maximum absolute atomic E-state index is 14.5. The molecule has 0 amide bonds. The van der Waals surface area contributed by atoms with Gasteiger partial charge in [-0.25, -0.2) is 19.6 Å². The van der Waals surface area contributed by atoms with Crippen molar-refractivity contribution in [2.24, 2.45) is 22.7 Å². The quantitative estimate of drug-likeness (QED) is 0.0350. The molecule has 1 unspecified atom stereocenters. The van der Waals surface area contributed by atoms with Gasteiger partial charge in [0.15, 0.2) is 11.7 Å². The molecule has 2 aromatic carbocycles. The van der Waals surface area contributed by atoms with Crippen LogP contribution in [0.25, 0.3) is 11.1 Å². The molecular formula is C39H44F2N8. The van der Waals surface area contributed by atoms with E-state index in [0.29, 0.717) is 5.56 Å². The lowest BCUT2D eigenvalue weighted by molar-refractivity contribution is 0.310. The zero-order chi connectivity index (χ0) is 35.8. The molecule has 0 aliphatic carbocycles. The molecule has 0 fully saturated rings.